The van der Waals surface area contributed by atoms with E-state index in [1.807, 2.05) is 0 Å². The number of aryl methyl sites for hydroxylation is 2. The van der Waals surface area contributed by atoms with Gasteiger partial charge < -0.3 is 14.8 Å². The molecule has 2 aromatic rings. The molecule has 0 bridgehead atoms. The molecule has 0 aliphatic rings. The third-order valence-corrected chi connectivity index (χ3v) is 3.75. The molecule has 4 heteroatoms. The molecule has 0 amide bonds. The van der Waals surface area contributed by atoms with Crippen LogP contribution in [-0.2, 0) is 13.0 Å². The predicted molar refractivity (Wildman–Crippen MR) is 89.9 cm³/mol. The van der Waals surface area contributed by atoms with Crippen molar-refractivity contribution in [1.29, 1.82) is 0 Å². The van der Waals surface area contributed by atoms with Crippen molar-refractivity contribution in [3.05, 3.63) is 29.6 Å². The van der Waals surface area contributed by atoms with Crippen LogP contribution in [0.25, 0.3) is 11.0 Å². The smallest absolute Gasteiger partial charge is 0.111 e. The van der Waals surface area contributed by atoms with Crippen LogP contribution in [0.4, 0.5) is 0 Å². The number of aromatic nitrogens is 2. The fraction of sp³-hybridized carbons (Fsp3) is 0.588. The molecule has 4 nitrogen and oxygen atoms in total. The number of rotatable bonds is 8. The highest BCUT2D eigenvalue weighted by Gasteiger charge is 2.10. The van der Waals surface area contributed by atoms with E-state index in [0.29, 0.717) is 0 Å². The summed E-state index contributed by atoms with van der Waals surface area (Å²) in [6, 6.07) is 6.58. The lowest BCUT2D eigenvalue weighted by Crippen LogP contribution is -2.19. The van der Waals surface area contributed by atoms with Gasteiger partial charge in [0.25, 0.3) is 0 Å². The van der Waals surface area contributed by atoms with Gasteiger partial charge in [-0.2, -0.15) is 0 Å². The van der Waals surface area contributed by atoms with E-state index in [1.165, 1.54) is 16.9 Å². The quantitative estimate of drug-likeness (QED) is 0.758. The van der Waals surface area contributed by atoms with Crippen LogP contribution in [0.15, 0.2) is 18.2 Å². The molecule has 1 N–H and O–H groups in total. The Morgan fingerprint density at radius 3 is 2.81 bits per heavy atom. The molecule has 21 heavy (non-hydrogen) atoms. The Kier molecular flexibility index (Phi) is 5.76. The Balaban J connectivity index is 2.21. The first kappa shape index (κ1) is 16.0. The first-order valence-electron chi connectivity index (χ1n) is 7.93. The second-order valence-corrected chi connectivity index (χ2v) is 5.93. The van der Waals surface area contributed by atoms with Gasteiger partial charge in [-0.15, -0.1) is 0 Å². The average Bonchev–Trinajstić information content (AvgIpc) is 2.76. The molecule has 2 rings (SSSR count). The summed E-state index contributed by atoms with van der Waals surface area (Å²) in [5.74, 6) is 1.20. The Morgan fingerprint density at radius 1 is 1.29 bits per heavy atom. The number of benzene rings is 1. The number of imidazole rings is 1. The highest BCUT2D eigenvalue weighted by molar-refractivity contribution is 5.76. The minimum atomic E-state index is 0.990. The lowest BCUT2D eigenvalue weighted by molar-refractivity contribution is 0.386. The zero-order chi connectivity index (χ0) is 15.2. The Labute approximate surface area is 128 Å². The lowest BCUT2D eigenvalue weighted by atomic mass is 10.2. The normalized spacial score (nSPS) is 11.7. The van der Waals surface area contributed by atoms with Crippen LogP contribution in [0.5, 0.6) is 0 Å². The number of nitrogens with one attached hydrogen (secondary N) is 1. The lowest BCUT2D eigenvalue weighted by Gasteiger charge is -2.12. The number of likely N-dealkylation sites (N-methyl/N-ethyl adjacent to an activating group) is 1. The minimum absolute atomic E-state index is 0.990. The van der Waals surface area contributed by atoms with E-state index in [1.54, 1.807) is 0 Å². The zero-order valence-electron chi connectivity index (χ0n) is 13.8. The van der Waals surface area contributed by atoms with Crippen molar-refractivity contribution in [3.8, 4) is 0 Å². The summed E-state index contributed by atoms with van der Waals surface area (Å²) in [6.07, 6.45) is 2.14. The highest BCUT2D eigenvalue weighted by Crippen LogP contribution is 2.18. The molecular formula is C17H28N4. The second kappa shape index (κ2) is 7.57. The molecule has 0 fully saturated rings. The van der Waals surface area contributed by atoms with E-state index in [0.717, 1.165) is 44.5 Å². The summed E-state index contributed by atoms with van der Waals surface area (Å²) in [4.78, 5) is 7.09. The van der Waals surface area contributed by atoms with Gasteiger partial charge in [0.2, 0.25) is 0 Å². The fourth-order valence-electron chi connectivity index (χ4n) is 2.65. The fourth-order valence-corrected chi connectivity index (χ4v) is 2.65. The molecule has 0 spiro atoms. The van der Waals surface area contributed by atoms with Crippen LogP contribution in [0.1, 0.15) is 24.7 Å². The van der Waals surface area contributed by atoms with Gasteiger partial charge in [0, 0.05) is 19.5 Å². The van der Waals surface area contributed by atoms with E-state index in [9.17, 15) is 0 Å². The standard InChI is InChI=1S/C17H28N4/c1-5-18-10-9-17-19-15-13-14(2)7-8-16(15)21(17)12-6-11-20(3)4/h7-8,13,18H,5-6,9-12H2,1-4H3. The van der Waals surface area contributed by atoms with Crippen LogP contribution in [0, 0.1) is 6.92 Å². The third-order valence-electron chi connectivity index (χ3n) is 3.75. The van der Waals surface area contributed by atoms with Crippen LogP contribution in [0.2, 0.25) is 0 Å². The third kappa shape index (κ3) is 4.29. The topological polar surface area (TPSA) is 33.1 Å². The summed E-state index contributed by atoms with van der Waals surface area (Å²) >= 11 is 0. The van der Waals surface area contributed by atoms with E-state index in [4.69, 9.17) is 4.98 Å². The van der Waals surface area contributed by atoms with Crippen molar-refractivity contribution in [1.82, 2.24) is 19.8 Å². The molecule has 0 unspecified atom stereocenters. The predicted octanol–water partition coefficient (Wildman–Crippen LogP) is 2.45. The van der Waals surface area contributed by atoms with Gasteiger partial charge in [0.15, 0.2) is 0 Å². The van der Waals surface area contributed by atoms with Crippen molar-refractivity contribution < 1.29 is 0 Å². The summed E-state index contributed by atoms with van der Waals surface area (Å²) in [6.45, 7) is 8.43. The Hall–Kier alpha value is -1.39. The zero-order valence-corrected chi connectivity index (χ0v) is 13.8. The van der Waals surface area contributed by atoms with Gasteiger partial charge >= 0.3 is 0 Å². The molecule has 1 heterocycles. The van der Waals surface area contributed by atoms with Crippen LogP contribution in [0.3, 0.4) is 0 Å². The van der Waals surface area contributed by atoms with Crippen molar-refractivity contribution >= 4 is 11.0 Å². The van der Waals surface area contributed by atoms with Crippen molar-refractivity contribution in [2.24, 2.45) is 0 Å². The Bertz CT molecular complexity index is 571. The van der Waals surface area contributed by atoms with Gasteiger partial charge in [-0.1, -0.05) is 13.0 Å². The van der Waals surface area contributed by atoms with Crippen LogP contribution < -0.4 is 5.32 Å². The Morgan fingerprint density at radius 2 is 2.10 bits per heavy atom. The van der Waals surface area contributed by atoms with Gasteiger partial charge in [-0.3, -0.25) is 0 Å². The maximum absolute atomic E-state index is 4.85. The molecular weight excluding hydrogens is 260 g/mol. The maximum Gasteiger partial charge on any atom is 0.111 e. The monoisotopic (exact) mass is 288 g/mol. The van der Waals surface area contributed by atoms with E-state index in [2.05, 4.69) is 60.9 Å². The molecule has 1 aromatic carbocycles. The highest BCUT2D eigenvalue weighted by atomic mass is 15.1. The van der Waals surface area contributed by atoms with Crippen molar-refractivity contribution in [2.75, 3.05) is 33.7 Å². The van der Waals surface area contributed by atoms with E-state index in [-0.39, 0.29) is 0 Å². The second-order valence-electron chi connectivity index (χ2n) is 5.93. The largest absolute Gasteiger partial charge is 0.328 e. The maximum atomic E-state index is 4.85. The number of hydrogen-bond donors (Lipinski definition) is 1. The van der Waals surface area contributed by atoms with Crippen LogP contribution >= 0.6 is 0 Å². The van der Waals surface area contributed by atoms with Gasteiger partial charge in [0.05, 0.1) is 11.0 Å². The summed E-state index contributed by atoms with van der Waals surface area (Å²) in [5, 5.41) is 3.39. The summed E-state index contributed by atoms with van der Waals surface area (Å²) in [5.41, 5.74) is 3.68. The molecule has 116 valence electrons. The number of nitrogens with zero attached hydrogens (tertiary/aromatic N) is 3. The molecule has 0 radical (unpaired) electrons. The number of hydrogen-bond acceptors (Lipinski definition) is 3. The first-order valence-corrected chi connectivity index (χ1v) is 7.93. The van der Waals surface area contributed by atoms with Gasteiger partial charge in [-0.05, 0) is 58.2 Å². The molecule has 0 atom stereocenters. The van der Waals surface area contributed by atoms with Gasteiger partial charge in [-0.25, -0.2) is 4.98 Å². The molecule has 1 aromatic heterocycles. The SMILES string of the molecule is CCNCCc1nc2cc(C)ccc2n1CCCN(C)C. The first-order chi connectivity index (χ1) is 10.1. The molecule has 0 aliphatic heterocycles. The van der Waals surface area contributed by atoms with E-state index < -0.39 is 0 Å². The van der Waals surface area contributed by atoms with Crippen molar-refractivity contribution in [2.45, 2.75) is 33.2 Å². The van der Waals surface area contributed by atoms with Crippen LogP contribution in [-0.4, -0.2) is 48.2 Å². The molecule has 0 saturated carbocycles. The average molecular weight is 288 g/mol. The summed E-state index contributed by atoms with van der Waals surface area (Å²) < 4.78 is 2.40. The molecule has 0 saturated heterocycles. The molecule has 0 aliphatic carbocycles. The van der Waals surface area contributed by atoms with Crippen molar-refractivity contribution in [3.63, 3.8) is 0 Å². The number of fused-ring (bicyclic) bond motifs is 1. The van der Waals surface area contributed by atoms with E-state index >= 15 is 0 Å². The van der Waals surface area contributed by atoms with Gasteiger partial charge in [0.1, 0.15) is 5.82 Å². The minimum Gasteiger partial charge on any atom is -0.328 e. The summed E-state index contributed by atoms with van der Waals surface area (Å²) in [7, 11) is 4.25.